The first-order chi connectivity index (χ1) is 4.36. The Kier molecular flexibility index (Phi) is 1.26. The van der Waals surface area contributed by atoms with Crippen molar-refractivity contribution in [1.29, 1.82) is 0 Å². The Bertz CT molecular complexity index is 107. The standard InChI is InChI=1S/C8H15N/c1-6-2-5-8(9-6)7-3-4-7/h6-9H,2-5H2,1H3/t6-,8-/m0/s1. The van der Waals surface area contributed by atoms with E-state index in [9.17, 15) is 0 Å². The molecule has 2 atom stereocenters. The molecule has 0 aromatic rings. The molecule has 2 aliphatic rings. The molecular weight excluding hydrogens is 110 g/mol. The summed E-state index contributed by atoms with van der Waals surface area (Å²) >= 11 is 0. The summed E-state index contributed by atoms with van der Waals surface area (Å²) in [5.41, 5.74) is 0. The van der Waals surface area contributed by atoms with Crippen LogP contribution in [-0.4, -0.2) is 12.1 Å². The summed E-state index contributed by atoms with van der Waals surface area (Å²) in [6.45, 7) is 2.29. The van der Waals surface area contributed by atoms with Crippen LogP contribution in [0.2, 0.25) is 0 Å². The Morgan fingerprint density at radius 2 is 1.89 bits per heavy atom. The molecule has 0 unspecified atom stereocenters. The van der Waals surface area contributed by atoms with Gasteiger partial charge in [-0.3, -0.25) is 0 Å². The molecule has 2 rings (SSSR count). The van der Waals surface area contributed by atoms with Crippen molar-refractivity contribution >= 4 is 0 Å². The molecule has 1 saturated carbocycles. The fraction of sp³-hybridized carbons (Fsp3) is 1.00. The van der Waals surface area contributed by atoms with Gasteiger partial charge in [0.25, 0.3) is 0 Å². The molecule has 1 saturated heterocycles. The minimum absolute atomic E-state index is 0.801. The van der Waals surface area contributed by atoms with Crippen LogP contribution in [0.1, 0.15) is 32.6 Å². The van der Waals surface area contributed by atoms with Gasteiger partial charge in [-0.05, 0) is 38.5 Å². The fourth-order valence-corrected chi connectivity index (χ4v) is 1.83. The number of nitrogens with one attached hydrogen (secondary N) is 1. The molecule has 0 bridgehead atoms. The van der Waals surface area contributed by atoms with Crippen molar-refractivity contribution < 1.29 is 0 Å². The van der Waals surface area contributed by atoms with Crippen LogP contribution in [0.4, 0.5) is 0 Å². The normalized spacial score (nSPS) is 43.7. The average Bonchev–Trinajstić information content (AvgIpc) is 2.58. The molecule has 9 heavy (non-hydrogen) atoms. The maximum atomic E-state index is 3.62. The van der Waals surface area contributed by atoms with Crippen molar-refractivity contribution in [3.8, 4) is 0 Å². The molecule has 0 aromatic heterocycles. The third-order valence-corrected chi connectivity index (χ3v) is 2.60. The molecule has 1 nitrogen and oxygen atoms in total. The largest absolute Gasteiger partial charge is 0.311 e. The molecule has 0 amide bonds. The molecule has 1 heterocycles. The second kappa shape index (κ2) is 1.98. The molecule has 1 aliphatic heterocycles. The van der Waals surface area contributed by atoms with Crippen LogP contribution in [0.15, 0.2) is 0 Å². The molecule has 2 fully saturated rings. The van der Waals surface area contributed by atoms with Crippen LogP contribution in [0.25, 0.3) is 0 Å². The molecule has 0 radical (unpaired) electrons. The van der Waals surface area contributed by atoms with E-state index < -0.39 is 0 Å². The van der Waals surface area contributed by atoms with Gasteiger partial charge in [-0.15, -0.1) is 0 Å². The zero-order chi connectivity index (χ0) is 6.27. The predicted octanol–water partition coefficient (Wildman–Crippen LogP) is 1.54. The summed E-state index contributed by atoms with van der Waals surface area (Å²) in [5, 5.41) is 3.62. The molecule has 1 N–H and O–H groups in total. The Balaban J connectivity index is 1.86. The van der Waals surface area contributed by atoms with Gasteiger partial charge in [-0.1, -0.05) is 0 Å². The summed E-state index contributed by atoms with van der Waals surface area (Å²) in [4.78, 5) is 0. The molecule has 1 aliphatic carbocycles. The lowest BCUT2D eigenvalue weighted by Crippen LogP contribution is -2.28. The first-order valence-electron chi connectivity index (χ1n) is 4.12. The van der Waals surface area contributed by atoms with Crippen molar-refractivity contribution in [3.63, 3.8) is 0 Å². The van der Waals surface area contributed by atoms with E-state index in [1.807, 2.05) is 0 Å². The van der Waals surface area contributed by atoms with E-state index in [1.54, 1.807) is 0 Å². The van der Waals surface area contributed by atoms with E-state index in [2.05, 4.69) is 12.2 Å². The van der Waals surface area contributed by atoms with E-state index >= 15 is 0 Å². The molecule has 0 aromatic carbocycles. The minimum atomic E-state index is 0.801. The van der Waals surface area contributed by atoms with Crippen molar-refractivity contribution in [2.75, 3.05) is 0 Å². The van der Waals surface area contributed by atoms with Gasteiger partial charge in [-0.2, -0.15) is 0 Å². The topological polar surface area (TPSA) is 12.0 Å². The van der Waals surface area contributed by atoms with Gasteiger partial charge in [0.15, 0.2) is 0 Å². The van der Waals surface area contributed by atoms with Gasteiger partial charge in [0.05, 0.1) is 0 Å². The summed E-state index contributed by atoms with van der Waals surface area (Å²) in [5.74, 6) is 1.06. The van der Waals surface area contributed by atoms with Crippen molar-refractivity contribution in [2.45, 2.75) is 44.7 Å². The summed E-state index contributed by atoms with van der Waals surface area (Å²) in [7, 11) is 0. The van der Waals surface area contributed by atoms with Gasteiger partial charge >= 0.3 is 0 Å². The minimum Gasteiger partial charge on any atom is -0.311 e. The highest BCUT2D eigenvalue weighted by molar-refractivity contribution is 4.92. The van der Waals surface area contributed by atoms with Crippen LogP contribution < -0.4 is 5.32 Å². The zero-order valence-electron chi connectivity index (χ0n) is 6.06. The molecule has 52 valence electrons. The van der Waals surface area contributed by atoms with Gasteiger partial charge in [0.1, 0.15) is 0 Å². The van der Waals surface area contributed by atoms with Crippen LogP contribution >= 0.6 is 0 Å². The lowest BCUT2D eigenvalue weighted by atomic mass is 10.1. The monoisotopic (exact) mass is 125 g/mol. The highest BCUT2D eigenvalue weighted by atomic mass is 15.0. The SMILES string of the molecule is C[C@H]1CC[C@@H](C2CC2)N1. The van der Waals surface area contributed by atoms with Gasteiger partial charge < -0.3 is 5.32 Å². The van der Waals surface area contributed by atoms with Gasteiger partial charge in [-0.25, -0.2) is 0 Å². The lowest BCUT2D eigenvalue weighted by Gasteiger charge is -2.08. The summed E-state index contributed by atoms with van der Waals surface area (Å²) in [6, 6.07) is 1.70. The van der Waals surface area contributed by atoms with E-state index in [0.29, 0.717) is 0 Å². The van der Waals surface area contributed by atoms with E-state index in [4.69, 9.17) is 0 Å². The third kappa shape index (κ3) is 1.11. The molecular formula is C8H15N. The van der Waals surface area contributed by atoms with Gasteiger partial charge in [0.2, 0.25) is 0 Å². The maximum absolute atomic E-state index is 3.62. The Hall–Kier alpha value is -0.0400. The molecule has 0 spiro atoms. The van der Waals surface area contributed by atoms with E-state index in [0.717, 1.165) is 18.0 Å². The van der Waals surface area contributed by atoms with Crippen LogP contribution in [0.5, 0.6) is 0 Å². The Morgan fingerprint density at radius 1 is 1.11 bits per heavy atom. The van der Waals surface area contributed by atoms with Crippen LogP contribution in [0.3, 0.4) is 0 Å². The highest BCUT2D eigenvalue weighted by Crippen LogP contribution is 2.36. The number of hydrogen-bond donors (Lipinski definition) is 1. The van der Waals surface area contributed by atoms with Crippen molar-refractivity contribution in [2.24, 2.45) is 5.92 Å². The quantitative estimate of drug-likeness (QED) is 0.560. The summed E-state index contributed by atoms with van der Waals surface area (Å²) in [6.07, 6.45) is 5.82. The Labute approximate surface area is 56.8 Å². The maximum Gasteiger partial charge on any atom is 0.00983 e. The lowest BCUT2D eigenvalue weighted by molar-refractivity contribution is 0.510. The average molecular weight is 125 g/mol. The van der Waals surface area contributed by atoms with E-state index in [1.165, 1.54) is 25.7 Å². The Morgan fingerprint density at radius 3 is 2.33 bits per heavy atom. The zero-order valence-corrected chi connectivity index (χ0v) is 6.06. The number of hydrogen-bond acceptors (Lipinski definition) is 1. The molecule has 1 heteroatoms. The first kappa shape index (κ1) is 5.72. The summed E-state index contributed by atoms with van der Waals surface area (Å²) < 4.78 is 0. The first-order valence-corrected chi connectivity index (χ1v) is 4.12. The van der Waals surface area contributed by atoms with Crippen molar-refractivity contribution in [1.82, 2.24) is 5.32 Å². The van der Waals surface area contributed by atoms with Crippen LogP contribution in [0, 0.1) is 5.92 Å². The third-order valence-electron chi connectivity index (χ3n) is 2.60. The predicted molar refractivity (Wildman–Crippen MR) is 38.3 cm³/mol. The second-order valence-electron chi connectivity index (χ2n) is 3.59. The highest BCUT2D eigenvalue weighted by Gasteiger charge is 2.34. The van der Waals surface area contributed by atoms with Crippen molar-refractivity contribution in [3.05, 3.63) is 0 Å². The smallest absolute Gasteiger partial charge is 0.00983 e. The fourth-order valence-electron chi connectivity index (χ4n) is 1.83. The van der Waals surface area contributed by atoms with Gasteiger partial charge in [0, 0.05) is 12.1 Å². The number of rotatable bonds is 1. The van der Waals surface area contributed by atoms with E-state index in [-0.39, 0.29) is 0 Å². The second-order valence-corrected chi connectivity index (χ2v) is 3.59. The van der Waals surface area contributed by atoms with Crippen LogP contribution in [-0.2, 0) is 0 Å².